The quantitative estimate of drug-likeness (QED) is 0.359. The van der Waals surface area contributed by atoms with Crippen LogP contribution in [0.3, 0.4) is 0 Å². The van der Waals surface area contributed by atoms with Crippen molar-refractivity contribution in [2.45, 2.75) is 62.8 Å². The lowest BCUT2D eigenvalue weighted by molar-refractivity contribution is 0.0674. The first-order valence-corrected chi connectivity index (χ1v) is 13.9. The molecule has 2 N–H and O–H groups in total. The molecule has 1 saturated heterocycles. The van der Waals surface area contributed by atoms with Crippen molar-refractivity contribution in [1.29, 1.82) is 5.26 Å². The molecule has 7 nitrogen and oxygen atoms in total. The zero-order chi connectivity index (χ0) is 27.9. The van der Waals surface area contributed by atoms with E-state index in [1.54, 1.807) is 22.8 Å². The normalized spacial score (nSPS) is 22.7. The van der Waals surface area contributed by atoms with E-state index in [1.165, 1.54) is 17.7 Å². The number of hydrogen-bond donors (Lipinski definition) is 1. The van der Waals surface area contributed by atoms with Gasteiger partial charge in [0.25, 0.3) is 0 Å². The van der Waals surface area contributed by atoms with Crippen molar-refractivity contribution in [2.75, 3.05) is 13.2 Å². The standard InChI is InChI=1S/C31H32F2N6O/c1-19-10-20(12-23(35)11-19)25-4-7-36-16-21(25)13-29-37-17-24-2-3-28(38-39(24)29)30-26(32)14-22(15-27(30)33)31(18-34)5-8-40-9-6-31/h2-4,7,14-17,19-20,23H,5-6,8-13,35H2,1H3/t19-,20+,23-/m0/s1. The van der Waals surface area contributed by atoms with Gasteiger partial charge in [-0.05, 0) is 91.0 Å². The highest BCUT2D eigenvalue weighted by atomic mass is 19.1. The van der Waals surface area contributed by atoms with Gasteiger partial charge in [0.2, 0.25) is 0 Å². The Balaban J connectivity index is 1.34. The van der Waals surface area contributed by atoms with Crippen molar-refractivity contribution in [3.05, 3.63) is 83.1 Å². The zero-order valence-electron chi connectivity index (χ0n) is 22.5. The van der Waals surface area contributed by atoms with Crippen LogP contribution in [-0.4, -0.2) is 38.8 Å². The summed E-state index contributed by atoms with van der Waals surface area (Å²) in [5.41, 5.74) is 8.65. The first-order chi connectivity index (χ1) is 19.4. The van der Waals surface area contributed by atoms with Gasteiger partial charge in [-0.15, -0.1) is 0 Å². The number of nitrogens with zero attached hydrogens (tertiary/aromatic N) is 5. The third kappa shape index (κ3) is 4.87. The highest BCUT2D eigenvalue weighted by Gasteiger charge is 2.36. The summed E-state index contributed by atoms with van der Waals surface area (Å²) in [6, 6.07) is 10.4. The lowest BCUT2D eigenvalue weighted by atomic mass is 9.75. The highest BCUT2D eigenvalue weighted by Crippen LogP contribution is 2.39. The molecule has 206 valence electrons. The smallest absolute Gasteiger partial charge is 0.135 e. The maximum atomic E-state index is 15.5. The molecule has 1 saturated carbocycles. The van der Waals surface area contributed by atoms with Crippen molar-refractivity contribution in [2.24, 2.45) is 11.7 Å². The van der Waals surface area contributed by atoms with E-state index in [4.69, 9.17) is 10.5 Å². The number of nitriles is 1. The Kier molecular flexibility index (Phi) is 7.07. The fourth-order valence-corrected chi connectivity index (χ4v) is 6.53. The number of fused-ring (bicyclic) bond motifs is 1. The molecule has 0 unspecified atom stereocenters. The minimum absolute atomic E-state index is 0.157. The summed E-state index contributed by atoms with van der Waals surface area (Å²) in [6.07, 6.45) is 9.70. The van der Waals surface area contributed by atoms with Crippen molar-refractivity contribution in [3.8, 4) is 17.3 Å². The molecular formula is C31H32F2N6O. The van der Waals surface area contributed by atoms with E-state index in [0.717, 1.165) is 30.3 Å². The molecule has 1 aliphatic heterocycles. The van der Waals surface area contributed by atoms with Crippen LogP contribution >= 0.6 is 0 Å². The van der Waals surface area contributed by atoms with Crippen LogP contribution in [0.15, 0.2) is 48.9 Å². The summed E-state index contributed by atoms with van der Waals surface area (Å²) < 4.78 is 38.0. The third-order valence-corrected chi connectivity index (χ3v) is 8.57. The molecule has 3 atom stereocenters. The second-order valence-electron chi connectivity index (χ2n) is 11.4. The average Bonchev–Trinajstić information content (AvgIpc) is 3.34. The molecule has 40 heavy (non-hydrogen) atoms. The molecule has 3 aromatic heterocycles. The predicted molar refractivity (Wildman–Crippen MR) is 146 cm³/mol. The van der Waals surface area contributed by atoms with E-state index in [0.29, 0.717) is 55.7 Å². The molecule has 2 aliphatic rings. The van der Waals surface area contributed by atoms with E-state index in [1.807, 2.05) is 12.4 Å². The van der Waals surface area contributed by atoms with Crippen molar-refractivity contribution >= 4 is 5.52 Å². The zero-order valence-corrected chi connectivity index (χ0v) is 22.5. The number of ether oxygens (including phenoxy) is 1. The molecule has 0 radical (unpaired) electrons. The van der Waals surface area contributed by atoms with Crippen LogP contribution in [-0.2, 0) is 16.6 Å². The first kappa shape index (κ1) is 26.5. The van der Waals surface area contributed by atoms with E-state index >= 15 is 8.78 Å². The Morgan fingerprint density at radius 3 is 2.60 bits per heavy atom. The SMILES string of the molecule is C[C@@H]1C[C@H](N)C[C@H](c2ccncc2Cc2ncc3ccc(-c4c(F)cc(C5(C#N)CCOCC5)cc4F)nn23)C1. The number of halogens is 2. The maximum absolute atomic E-state index is 15.5. The molecule has 1 aliphatic carbocycles. The fourth-order valence-electron chi connectivity index (χ4n) is 6.53. The lowest BCUT2D eigenvalue weighted by Gasteiger charge is -2.32. The number of imidazole rings is 1. The average molecular weight is 543 g/mol. The second kappa shape index (κ2) is 10.7. The molecule has 9 heteroatoms. The Morgan fingerprint density at radius 1 is 1.10 bits per heavy atom. The molecule has 2 fully saturated rings. The van der Waals surface area contributed by atoms with E-state index in [-0.39, 0.29) is 17.3 Å². The van der Waals surface area contributed by atoms with Gasteiger partial charge in [0, 0.05) is 38.1 Å². The number of rotatable bonds is 5. The highest BCUT2D eigenvalue weighted by molar-refractivity contribution is 5.64. The van der Waals surface area contributed by atoms with Crippen LogP contribution in [0.1, 0.15) is 67.5 Å². The Labute approximate surface area is 232 Å². The molecule has 0 bridgehead atoms. The van der Waals surface area contributed by atoms with Crippen LogP contribution < -0.4 is 5.73 Å². The Hall–Kier alpha value is -3.74. The van der Waals surface area contributed by atoms with E-state index in [2.05, 4.69) is 34.1 Å². The van der Waals surface area contributed by atoms with Gasteiger partial charge < -0.3 is 10.5 Å². The molecular weight excluding hydrogens is 510 g/mol. The summed E-state index contributed by atoms with van der Waals surface area (Å²) >= 11 is 0. The lowest BCUT2D eigenvalue weighted by Crippen LogP contribution is -2.32. The minimum Gasteiger partial charge on any atom is -0.381 e. The molecule has 4 heterocycles. The van der Waals surface area contributed by atoms with Crippen molar-refractivity contribution in [3.63, 3.8) is 0 Å². The van der Waals surface area contributed by atoms with Gasteiger partial charge in [-0.3, -0.25) is 4.98 Å². The summed E-state index contributed by atoms with van der Waals surface area (Å²) in [5, 5.41) is 14.5. The molecule has 4 aromatic rings. The fraction of sp³-hybridized carbons (Fsp3) is 0.419. The summed E-state index contributed by atoms with van der Waals surface area (Å²) in [7, 11) is 0. The Morgan fingerprint density at radius 2 is 1.88 bits per heavy atom. The van der Waals surface area contributed by atoms with Crippen LogP contribution in [0.5, 0.6) is 0 Å². The van der Waals surface area contributed by atoms with Gasteiger partial charge in [-0.25, -0.2) is 18.3 Å². The maximum Gasteiger partial charge on any atom is 0.135 e. The van der Waals surface area contributed by atoms with Crippen molar-refractivity contribution in [1.82, 2.24) is 19.6 Å². The summed E-state index contributed by atoms with van der Waals surface area (Å²) in [4.78, 5) is 8.96. The van der Waals surface area contributed by atoms with Crippen LogP contribution in [0.4, 0.5) is 8.78 Å². The first-order valence-electron chi connectivity index (χ1n) is 13.9. The molecule has 6 rings (SSSR count). The van der Waals surface area contributed by atoms with Gasteiger partial charge in [0.05, 0.1) is 34.5 Å². The van der Waals surface area contributed by atoms with E-state index < -0.39 is 17.0 Å². The number of pyridine rings is 1. The largest absolute Gasteiger partial charge is 0.381 e. The molecule has 0 spiro atoms. The predicted octanol–water partition coefficient (Wildman–Crippen LogP) is 5.46. The number of nitrogens with two attached hydrogens (primary N) is 1. The minimum atomic E-state index is -0.963. The number of hydrogen-bond acceptors (Lipinski definition) is 6. The van der Waals surface area contributed by atoms with Crippen LogP contribution in [0, 0.1) is 28.9 Å². The second-order valence-corrected chi connectivity index (χ2v) is 11.4. The van der Waals surface area contributed by atoms with Gasteiger partial charge >= 0.3 is 0 Å². The third-order valence-electron chi connectivity index (χ3n) is 8.57. The summed E-state index contributed by atoms with van der Waals surface area (Å²) in [5.74, 6) is 0.0590. The topological polar surface area (TPSA) is 102 Å². The van der Waals surface area contributed by atoms with Gasteiger partial charge in [-0.2, -0.15) is 10.4 Å². The van der Waals surface area contributed by atoms with Crippen LogP contribution in [0.25, 0.3) is 16.8 Å². The summed E-state index contributed by atoms with van der Waals surface area (Å²) in [6.45, 7) is 3.01. The van der Waals surface area contributed by atoms with Crippen LogP contribution in [0.2, 0.25) is 0 Å². The number of benzene rings is 1. The Bertz CT molecular complexity index is 1560. The number of aromatic nitrogens is 4. The van der Waals surface area contributed by atoms with Crippen molar-refractivity contribution < 1.29 is 13.5 Å². The molecule has 1 aromatic carbocycles. The van der Waals surface area contributed by atoms with Gasteiger partial charge in [0.1, 0.15) is 17.5 Å². The van der Waals surface area contributed by atoms with Gasteiger partial charge in [0.15, 0.2) is 0 Å². The molecule has 0 amide bonds. The van der Waals surface area contributed by atoms with E-state index in [9.17, 15) is 5.26 Å². The monoisotopic (exact) mass is 542 g/mol. The van der Waals surface area contributed by atoms with Gasteiger partial charge in [-0.1, -0.05) is 6.92 Å².